The van der Waals surface area contributed by atoms with E-state index in [1.165, 1.54) is 0 Å². The molecule has 4 nitrogen and oxygen atoms in total. The third kappa shape index (κ3) is 2.69. The number of carbonyl (C=O) groups is 1. The van der Waals surface area contributed by atoms with Gasteiger partial charge < -0.3 is 5.32 Å². The van der Waals surface area contributed by atoms with Gasteiger partial charge in [-0.25, -0.2) is 4.98 Å². The largest absolute Gasteiger partial charge is 0.321 e. The Bertz CT molecular complexity index is 793. The number of nitrogens with zero attached hydrogens (tertiary/aromatic N) is 2. The van der Waals surface area contributed by atoms with Crippen LogP contribution in [0.3, 0.4) is 0 Å². The number of amides is 1. The fraction of sp³-hybridized carbons (Fsp3) is 0.125. The molecule has 0 spiro atoms. The molecule has 0 unspecified atom stereocenters. The summed E-state index contributed by atoms with van der Waals surface area (Å²) in [6.45, 7) is 2.00. The Balaban J connectivity index is 1.99. The Morgan fingerprint density at radius 3 is 2.71 bits per heavy atom. The minimum Gasteiger partial charge on any atom is -0.321 e. The predicted molar refractivity (Wildman–Crippen MR) is 86.7 cm³/mol. The maximum atomic E-state index is 12.6. The van der Waals surface area contributed by atoms with Gasteiger partial charge in [-0.05, 0) is 42.8 Å². The van der Waals surface area contributed by atoms with Gasteiger partial charge in [-0.2, -0.15) is 0 Å². The monoisotopic (exact) mass is 343 g/mol. The first-order valence-corrected chi connectivity index (χ1v) is 7.51. The summed E-state index contributed by atoms with van der Waals surface area (Å²) >= 11 is 3.38. The zero-order valence-corrected chi connectivity index (χ0v) is 13.1. The van der Waals surface area contributed by atoms with Crippen molar-refractivity contribution < 1.29 is 4.79 Å². The second kappa shape index (κ2) is 5.69. The van der Waals surface area contributed by atoms with Gasteiger partial charge in [-0.15, -0.1) is 0 Å². The molecule has 106 valence electrons. The summed E-state index contributed by atoms with van der Waals surface area (Å²) in [6, 6.07) is 13.2. The van der Waals surface area contributed by atoms with Gasteiger partial charge in [0, 0.05) is 16.4 Å². The van der Waals surface area contributed by atoms with Crippen molar-refractivity contribution in [2.75, 3.05) is 5.32 Å². The van der Waals surface area contributed by atoms with Gasteiger partial charge in [-0.3, -0.25) is 9.20 Å². The number of hydrogen-bond acceptors (Lipinski definition) is 2. The Morgan fingerprint density at radius 2 is 2.00 bits per heavy atom. The fourth-order valence-electron chi connectivity index (χ4n) is 2.26. The van der Waals surface area contributed by atoms with Gasteiger partial charge in [0.1, 0.15) is 11.3 Å². The number of hydrogen-bond donors (Lipinski definition) is 1. The van der Waals surface area contributed by atoms with Crippen molar-refractivity contribution in [3.8, 4) is 0 Å². The molecule has 3 rings (SSSR count). The van der Waals surface area contributed by atoms with Gasteiger partial charge in [0.15, 0.2) is 0 Å². The van der Waals surface area contributed by atoms with E-state index in [4.69, 9.17) is 0 Å². The highest BCUT2D eigenvalue weighted by molar-refractivity contribution is 9.10. The highest BCUT2D eigenvalue weighted by Gasteiger charge is 2.17. The van der Waals surface area contributed by atoms with E-state index in [9.17, 15) is 4.79 Å². The molecule has 21 heavy (non-hydrogen) atoms. The van der Waals surface area contributed by atoms with Crippen LogP contribution in [0.1, 0.15) is 23.1 Å². The molecule has 0 radical (unpaired) electrons. The minimum atomic E-state index is -0.145. The third-order valence-corrected chi connectivity index (χ3v) is 3.78. The lowest BCUT2D eigenvalue weighted by Gasteiger charge is -2.06. The topological polar surface area (TPSA) is 46.4 Å². The molecule has 2 heterocycles. The molecule has 0 bridgehead atoms. The van der Waals surface area contributed by atoms with Crippen LogP contribution in [0, 0.1) is 0 Å². The first-order chi connectivity index (χ1) is 10.2. The minimum absolute atomic E-state index is 0.145. The number of pyridine rings is 1. The summed E-state index contributed by atoms with van der Waals surface area (Å²) in [6.07, 6.45) is 2.57. The third-order valence-electron chi connectivity index (χ3n) is 3.25. The maximum absolute atomic E-state index is 12.6. The van der Waals surface area contributed by atoms with E-state index in [1.54, 1.807) is 0 Å². The molecule has 0 fully saturated rings. The number of benzene rings is 1. The second-order valence-corrected chi connectivity index (χ2v) is 5.57. The predicted octanol–water partition coefficient (Wildman–Crippen LogP) is 3.91. The van der Waals surface area contributed by atoms with E-state index in [0.29, 0.717) is 12.1 Å². The lowest BCUT2D eigenvalue weighted by Crippen LogP contribution is -2.16. The van der Waals surface area contributed by atoms with E-state index in [0.717, 1.165) is 21.5 Å². The molecule has 0 saturated carbocycles. The summed E-state index contributed by atoms with van der Waals surface area (Å²) in [5.74, 6) is -0.145. The molecule has 1 aromatic carbocycles. The molecular weight excluding hydrogens is 330 g/mol. The zero-order valence-electron chi connectivity index (χ0n) is 11.5. The summed E-state index contributed by atoms with van der Waals surface area (Å²) in [7, 11) is 0. The molecule has 0 atom stereocenters. The summed E-state index contributed by atoms with van der Waals surface area (Å²) in [5.41, 5.74) is 2.94. The van der Waals surface area contributed by atoms with Gasteiger partial charge >= 0.3 is 0 Å². The molecule has 0 aliphatic heterocycles. The van der Waals surface area contributed by atoms with E-state index in [2.05, 4.69) is 26.2 Å². The van der Waals surface area contributed by atoms with Gasteiger partial charge in [0.25, 0.3) is 5.91 Å². The molecule has 3 aromatic rings. The Labute approximate surface area is 131 Å². The van der Waals surface area contributed by atoms with Crippen molar-refractivity contribution in [3.63, 3.8) is 0 Å². The van der Waals surface area contributed by atoms with Crippen molar-refractivity contribution in [2.24, 2.45) is 0 Å². The number of anilines is 1. The van der Waals surface area contributed by atoms with Crippen LogP contribution in [0.15, 0.2) is 53.1 Å². The Hall–Kier alpha value is -2.14. The summed E-state index contributed by atoms with van der Waals surface area (Å²) in [5, 5.41) is 2.92. The van der Waals surface area contributed by atoms with Crippen LogP contribution in [-0.4, -0.2) is 15.3 Å². The zero-order chi connectivity index (χ0) is 14.8. The molecule has 0 aliphatic carbocycles. The van der Waals surface area contributed by atoms with E-state index in [-0.39, 0.29) is 5.91 Å². The molecule has 0 aliphatic rings. The van der Waals surface area contributed by atoms with Crippen molar-refractivity contribution in [3.05, 3.63) is 64.5 Å². The van der Waals surface area contributed by atoms with Gasteiger partial charge in [-0.1, -0.05) is 28.9 Å². The molecule has 1 N–H and O–H groups in total. The average molecular weight is 344 g/mol. The van der Waals surface area contributed by atoms with Crippen molar-refractivity contribution in [1.29, 1.82) is 0 Å². The molecule has 2 aromatic heterocycles. The number of carbonyl (C=O) groups excluding carboxylic acids is 1. The smallest absolute Gasteiger partial charge is 0.274 e. The standard InChI is InChI=1S/C16H14BrN3O/c1-2-13-15(20-10-4-3-5-14(20)19-13)16(21)18-12-8-6-11(17)7-9-12/h3-10H,2H2,1H3,(H,18,21). The van der Waals surface area contributed by atoms with Crippen LogP contribution >= 0.6 is 15.9 Å². The van der Waals surface area contributed by atoms with E-state index >= 15 is 0 Å². The molecular formula is C16H14BrN3O. The van der Waals surface area contributed by atoms with Crippen molar-refractivity contribution >= 4 is 33.2 Å². The highest BCUT2D eigenvalue weighted by Crippen LogP contribution is 2.18. The second-order valence-electron chi connectivity index (χ2n) is 4.65. The van der Waals surface area contributed by atoms with Gasteiger partial charge in [0.2, 0.25) is 0 Å². The SMILES string of the molecule is CCc1nc2ccccn2c1C(=O)Nc1ccc(Br)cc1. The quantitative estimate of drug-likeness (QED) is 0.783. The fourth-order valence-corrected chi connectivity index (χ4v) is 2.52. The highest BCUT2D eigenvalue weighted by atomic mass is 79.9. The van der Waals surface area contributed by atoms with E-state index in [1.807, 2.05) is 60.0 Å². The normalized spacial score (nSPS) is 10.8. The number of imidazole rings is 1. The van der Waals surface area contributed by atoms with E-state index < -0.39 is 0 Å². The first kappa shape index (κ1) is 13.8. The van der Waals surface area contributed by atoms with Crippen molar-refractivity contribution in [1.82, 2.24) is 9.38 Å². The maximum Gasteiger partial charge on any atom is 0.274 e. The van der Waals surface area contributed by atoms with Crippen molar-refractivity contribution in [2.45, 2.75) is 13.3 Å². The average Bonchev–Trinajstić information content (AvgIpc) is 2.88. The van der Waals surface area contributed by atoms with Crippen LogP contribution in [-0.2, 0) is 6.42 Å². The number of nitrogens with one attached hydrogen (secondary N) is 1. The summed E-state index contributed by atoms with van der Waals surface area (Å²) in [4.78, 5) is 17.1. The van der Waals surface area contributed by atoms with Crippen LogP contribution in [0.2, 0.25) is 0 Å². The van der Waals surface area contributed by atoms with Crippen LogP contribution < -0.4 is 5.32 Å². The number of rotatable bonds is 3. The summed E-state index contributed by atoms with van der Waals surface area (Å²) < 4.78 is 2.80. The van der Waals surface area contributed by atoms with Gasteiger partial charge in [0.05, 0.1) is 5.69 Å². The van der Waals surface area contributed by atoms with Crippen LogP contribution in [0.4, 0.5) is 5.69 Å². The lowest BCUT2D eigenvalue weighted by atomic mass is 10.2. The molecule has 0 saturated heterocycles. The number of aryl methyl sites for hydroxylation is 1. The number of fused-ring (bicyclic) bond motifs is 1. The Morgan fingerprint density at radius 1 is 1.24 bits per heavy atom. The first-order valence-electron chi connectivity index (χ1n) is 6.72. The van der Waals surface area contributed by atoms with Crippen LogP contribution in [0.5, 0.6) is 0 Å². The number of halogens is 1. The Kier molecular flexibility index (Phi) is 3.75. The molecule has 1 amide bonds. The molecule has 5 heteroatoms. The lowest BCUT2D eigenvalue weighted by molar-refractivity contribution is 0.102. The van der Waals surface area contributed by atoms with Crippen LogP contribution in [0.25, 0.3) is 5.65 Å². The number of aromatic nitrogens is 2.